The normalized spacial score (nSPS) is 10.7. The predicted octanol–water partition coefficient (Wildman–Crippen LogP) is 3.62. The molecule has 0 fully saturated rings. The van der Waals surface area contributed by atoms with Crippen molar-refractivity contribution >= 4 is 5.91 Å². The third-order valence-electron chi connectivity index (χ3n) is 3.73. The quantitative estimate of drug-likeness (QED) is 0.788. The van der Waals surface area contributed by atoms with Gasteiger partial charge in [0.2, 0.25) is 5.91 Å². The molecule has 0 aliphatic rings. The summed E-state index contributed by atoms with van der Waals surface area (Å²) < 4.78 is 5.74. The number of benzene rings is 1. The second-order valence-electron chi connectivity index (χ2n) is 5.31. The Kier molecular flexibility index (Phi) is 7.13. The first kappa shape index (κ1) is 16.5. The minimum atomic E-state index is 0.0723. The first-order valence-electron chi connectivity index (χ1n) is 7.54. The van der Waals surface area contributed by atoms with Crippen LogP contribution in [0.25, 0.3) is 0 Å². The van der Waals surface area contributed by atoms with E-state index in [2.05, 4.69) is 19.2 Å². The number of hydrogen-bond donors (Lipinski definition) is 1. The van der Waals surface area contributed by atoms with Gasteiger partial charge in [-0.25, -0.2) is 0 Å². The molecule has 1 aromatic rings. The molecule has 0 heterocycles. The van der Waals surface area contributed by atoms with Gasteiger partial charge in [0.25, 0.3) is 0 Å². The summed E-state index contributed by atoms with van der Waals surface area (Å²) >= 11 is 0. The van der Waals surface area contributed by atoms with Gasteiger partial charge in [-0.3, -0.25) is 4.79 Å². The van der Waals surface area contributed by atoms with Crippen molar-refractivity contribution in [3.63, 3.8) is 0 Å². The summed E-state index contributed by atoms with van der Waals surface area (Å²) in [5, 5.41) is 2.98. The molecule has 1 N–H and O–H groups in total. The number of aryl methyl sites for hydroxylation is 2. The number of hydrogen-bond acceptors (Lipinski definition) is 2. The molecule has 0 saturated heterocycles. The Morgan fingerprint density at radius 2 is 1.80 bits per heavy atom. The molecule has 0 aromatic heterocycles. The highest BCUT2D eigenvalue weighted by Crippen LogP contribution is 2.22. The van der Waals surface area contributed by atoms with Gasteiger partial charge >= 0.3 is 0 Å². The van der Waals surface area contributed by atoms with Gasteiger partial charge in [-0.2, -0.15) is 0 Å². The fourth-order valence-electron chi connectivity index (χ4n) is 2.20. The van der Waals surface area contributed by atoms with Gasteiger partial charge < -0.3 is 10.1 Å². The lowest BCUT2D eigenvalue weighted by Crippen LogP contribution is -2.29. The Bertz CT molecular complexity index is 405. The number of amides is 1. The lowest BCUT2D eigenvalue weighted by atomic mass is 10.0. The van der Waals surface area contributed by atoms with Crippen LogP contribution in [-0.2, 0) is 4.79 Å². The molecule has 0 bridgehead atoms. The summed E-state index contributed by atoms with van der Waals surface area (Å²) in [6.45, 7) is 9.56. The van der Waals surface area contributed by atoms with Crippen LogP contribution in [-0.4, -0.2) is 19.1 Å². The van der Waals surface area contributed by atoms with Gasteiger partial charge in [-0.15, -0.1) is 0 Å². The molecular weight excluding hydrogens is 250 g/mol. The minimum absolute atomic E-state index is 0.0723. The Hall–Kier alpha value is -1.51. The summed E-state index contributed by atoms with van der Waals surface area (Å²) in [4.78, 5) is 11.7. The number of rotatable bonds is 8. The fourth-order valence-corrected chi connectivity index (χ4v) is 2.20. The van der Waals surface area contributed by atoms with Crippen molar-refractivity contribution in [1.29, 1.82) is 0 Å². The second-order valence-corrected chi connectivity index (χ2v) is 5.31. The predicted molar refractivity (Wildman–Crippen MR) is 83.1 cm³/mol. The SMILES string of the molecule is CCC(CC)CNC(=O)CCOc1c(C)cccc1C. The molecular formula is C17H27NO2. The molecule has 0 aliphatic carbocycles. The molecule has 3 nitrogen and oxygen atoms in total. The highest BCUT2D eigenvalue weighted by Gasteiger charge is 2.08. The monoisotopic (exact) mass is 277 g/mol. The zero-order valence-electron chi connectivity index (χ0n) is 13.2. The zero-order chi connectivity index (χ0) is 15.0. The van der Waals surface area contributed by atoms with Crippen molar-refractivity contribution in [3.8, 4) is 5.75 Å². The van der Waals surface area contributed by atoms with E-state index in [1.54, 1.807) is 0 Å². The number of carbonyl (C=O) groups excluding carboxylic acids is 1. The third-order valence-corrected chi connectivity index (χ3v) is 3.73. The van der Waals surface area contributed by atoms with E-state index in [0.29, 0.717) is 18.9 Å². The molecule has 0 saturated carbocycles. The Morgan fingerprint density at radius 3 is 2.35 bits per heavy atom. The topological polar surface area (TPSA) is 38.3 Å². The van der Waals surface area contributed by atoms with E-state index < -0.39 is 0 Å². The van der Waals surface area contributed by atoms with Crippen LogP contribution < -0.4 is 10.1 Å². The van der Waals surface area contributed by atoms with Gasteiger partial charge in [0.15, 0.2) is 0 Å². The van der Waals surface area contributed by atoms with Gasteiger partial charge in [0.1, 0.15) is 5.75 Å². The van der Waals surface area contributed by atoms with Crippen molar-refractivity contribution in [3.05, 3.63) is 29.3 Å². The van der Waals surface area contributed by atoms with E-state index in [0.717, 1.165) is 36.3 Å². The van der Waals surface area contributed by atoms with E-state index in [4.69, 9.17) is 4.74 Å². The number of ether oxygens (including phenoxy) is 1. The lowest BCUT2D eigenvalue weighted by molar-refractivity contribution is -0.121. The van der Waals surface area contributed by atoms with Crippen LogP contribution >= 0.6 is 0 Å². The Labute approximate surface area is 122 Å². The standard InChI is InChI=1S/C17H27NO2/c1-5-15(6-2)12-18-16(19)10-11-20-17-13(3)8-7-9-14(17)4/h7-9,15H,5-6,10-12H2,1-4H3,(H,18,19). The van der Waals surface area contributed by atoms with Crippen LogP contribution in [0.5, 0.6) is 5.75 Å². The third kappa shape index (κ3) is 5.24. The van der Waals surface area contributed by atoms with Crippen molar-refractivity contribution in [1.82, 2.24) is 5.32 Å². The summed E-state index contributed by atoms with van der Waals surface area (Å²) in [5.41, 5.74) is 2.23. The number of para-hydroxylation sites is 1. The molecule has 1 rings (SSSR count). The summed E-state index contributed by atoms with van der Waals surface area (Å²) in [6.07, 6.45) is 2.62. The summed E-state index contributed by atoms with van der Waals surface area (Å²) in [6, 6.07) is 6.06. The molecule has 3 heteroatoms. The molecule has 0 atom stereocenters. The van der Waals surface area contributed by atoms with Crippen LogP contribution in [0, 0.1) is 19.8 Å². The molecule has 0 spiro atoms. The molecule has 1 amide bonds. The van der Waals surface area contributed by atoms with E-state index in [1.165, 1.54) is 0 Å². The highest BCUT2D eigenvalue weighted by molar-refractivity contribution is 5.76. The van der Waals surface area contributed by atoms with Crippen LogP contribution in [0.3, 0.4) is 0 Å². The first-order chi connectivity index (χ1) is 9.58. The largest absolute Gasteiger partial charge is 0.493 e. The van der Waals surface area contributed by atoms with Gasteiger partial charge in [-0.05, 0) is 30.9 Å². The maximum atomic E-state index is 11.7. The summed E-state index contributed by atoms with van der Waals surface area (Å²) in [7, 11) is 0. The molecule has 1 aromatic carbocycles. The molecule has 0 unspecified atom stereocenters. The molecule has 20 heavy (non-hydrogen) atoms. The van der Waals surface area contributed by atoms with Crippen LogP contribution in [0.15, 0.2) is 18.2 Å². The second kappa shape index (κ2) is 8.62. The molecule has 0 aliphatic heterocycles. The number of nitrogens with one attached hydrogen (secondary N) is 1. The van der Waals surface area contributed by atoms with Crippen molar-refractivity contribution < 1.29 is 9.53 Å². The van der Waals surface area contributed by atoms with Gasteiger partial charge in [0, 0.05) is 6.54 Å². The average molecular weight is 277 g/mol. The van der Waals surface area contributed by atoms with Crippen molar-refractivity contribution in [2.75, 3.05) is 13.2 Å². The van der Waals surface area contributed by atoms with Crippen LogP contribution in [0.2, 0.25) is 0 Å². The molecule has 112 valence electrons. The number of carbonyl (C=O) groups is 1. The van der Waals surface area contributed by atoms with Crippen molar-refractivity contribution in [2.24, 2.45) is 5.92 Å². The fraction of sp³-hybridized carbons (Fsp3) is 0.588. The van der Waals surface area contributed by atoms with Crippen molar-refractivity contribution in [2.45, 2.75) is 47.0 Å². The summed E-state index contributed by atoms with van der Waals surface area (Å²) in [5.74, 6) is 1.56. The highest BCUT2D eigenvalue weighted by atomic mass is 16.5. The minimum Gasteiger partial charge on any atom is -0.493 e. The maximum Gasteiger partial charge on any atom is 0.223 e. The zero-order valence-corrected chi connectivity index (χ0v) is 13.2. The van der Waals surface area contributed by atoms with Crippen LogP contribution in [0.4, 0.5) is 0 Å². The van der Waals surface area contributed by atoms with Gasteiger partial charge in [-0.1, -0.05) is 44.9 Å². The first-order valence-corrected chi connectivity index (χ1v) is 7.54. The lowest BCUT2D eigenvalue weighted by Gasteiger charge is -2.14. The Morgan fingerprint density at radius 1 is 1.20 bits per heavy atom. The van der Waals surface area contributed by atoms with E-state index >= 15 is 0 Å². The van der Waals surface area contributed by atoms with E-state index in [9.17, 15) is 4.79 Å². The van der Waals surface area contributed by atoms with Gasteiger partial charge in [0.05, 0.1) is 13.0 Å². The Balaban J connectivity index is 2.32. The molecule has 0 radical (unpaired) electrons. The van der Waals surface area contributed by atoms with Crippen LogP contribution in [0.1, 0.15) is 44.2 Å². The maximum absolute atomic E-state index is 11.7. The smallest absolute Gasteiger partial charge is 0.223 e. The van der Waals surface area contributed by atoms with E-state index in [1.807, 2.05) is 32.0 Å². The average Bonchev–Trinajstić information content (AvgIpc) is 2.43. The van der Waals surface area contributed by atoms with E-state index in [-0.39, 0.29) is 5.91 Å².